The van der Waals surface area contributed by atoms with E-state index in [9.17, 15) is 14.0 Å². The van der Waals surface area contributed by atoms with Gasteiger partial charge in [0.25, 0.3) is 0 Å². The van der Waals surface area contributed by atoms with Gasteiger partial charge in [0.2, 0.25) is 5.91 Å². The molecule has 2 rings (SSSR count). The summed E-state index contributed by atoms with van der Waals surface area (Å²) in [6.45, 7) is 2.30. The first-order valence-corrected chi connectivity index (χ1v) is 7.75. The van der Waals surface area contributed by atoms with Crippen molar-refractivity contribution in [1.82, 2.24) is 4.90 Å². The molecule has 0 saturated heterocycles. The lowest BCUT2D eigenvalue weighted by atomic mass is 9.95. The smallest absolute Gasteiger partial charge is 0.335 e. The summed E-state index contributed by atoms with van der Waals surface area (Å²) in [6, 6.07) is 12.4. The number of halogens is 1. The third kappa shape index (κ3) is 4.19. The maximum absolute atomic E-state index is 13.1. The lowest BCUT2D eigenvalue weighted by molar-refractivity contribution is -0.132. The van der Waals surface area contributed by atoms with Gasteiger partial charge >= 0.3 is 5.97 Å². The van der Waals surface area contributed by atoms with Gasteiger partial charge in [0.05, 0.1) is 11.5 Å². The maximum atomic E-state index is 13.1. The minimum absolute atomic E-state index is 0.0496. The second-order valence-electron chi connectivity index (χ2n) is 5.71. The molecule has 1 unspecified atom stereocenters. The highest BCUT2D eigenvalue weighted by atomic mass is 19.1. The Balaban J connectivity index is 2.09. The predicted octanol–water partition coefficient (Wildman–Crippen LogP) is 3.68. The second-order valence-corrected chi connectivity index (χ2v) is 5.71. The van der Waals surface area contributed by atoms with Gasteiger partial charge in [-0.2, -0.15) is 0 Å². The van der Waals surface area contributed by atoms with Crippen LogP contribution < -0.4 is 0 Å². The Kier molecular flexibility index (Phi) is 5.68. The Morgan fingerprint density at radius 1 is 1.08 bits per heavy atom. The molecule has 0 aliphatic heterocycles. The zero-order chi connectivity index (χ0) is 17.7. The van der Waals surface area contributed by atoms with Crippen molar-refractivity contribution in [1.29, 1.82) is 0 Å². The van der Waals surface area contributed by atoms with Gasteiger partial charge in [-0.05, 0) is 41.8 Å². The number of hydrogen-bond acceptors (Lipinski definition) is 2. The molecule has 0 saturated carbocycles. The number of likely N-dealkylation sites (N-methyl/N-ethyl adjacent to an activating group) is 1. The fourth-order valence-electron chi connectivity index (χ4n) is 2.62. The third-order valence-corrected chi connectivity index (χ3v) is 3.98. The van der Waals surface area contributed by atoms with Gasteiger partial charge in [-0.1, -0.05) is 31.2 Å². The summed E-state index contributed by atoms with van der Waals surface area (Å²) in [5.41, 5.74) is 1.85. The summed E-state index contributed by atoms with van der Waals surface area (Å²) in [6.07, 6.45) is 0.618. The first-order chi connectivity index (χ1) is 11.4. The lowest BCUT2D eigenvalue weighted by Gasteiger charge is -2.23. The van der Waals surface area contributed by atoms with Crippen LogP contribution in [0.3, 0.4) is 0 Å². The van der Waals surface area contributed by atoms with Crippen LogP contribution in [0.5, 0.6) is 0 Å². The van der Waals surface area contributed by atoms with Gasteiger partial charge in [0.15, 0.2) is 0 Å². The van der Waals surface area contributed by atoms with Crippen molar-refractivity contribution in [3.8, 4) is 0 Å². The van der Waals surface area contributed by atoms with Crippen LogP contribution in [-0.2, 0) is 11.3 Å². The van der Waals surface area contributed by atoms with Crippen LogP contribution in [-0.4, -0.2) is 28.9 Å². The predicted molar refractivity (Wildman–Crippen MR) is 89.3 cm³/mol. The molecule has 0 fully saturated rings. The number of carbonyl (C=O) groups is 2. The number of aromatic carboxylic acids is 1. The summed E-state index contributed by atoms with van der Waals surface area (Å²) in [5, 5.41) is 8.90. The van der Waals surface area contributed by atoms with Crippen molar-refractivity contribution in [3.05, 3.63) is 71.0 Å². The number of nitrogens with zero attached hydrogens (tertiary/aromatic N) is 1. The number of rotatable bonds is 6. The van der Waals surface area contributed by atoms with Crippen molar-refractivity contribution in [3.63, 3.8) is 0 Å². The Labute approximate surface area is 140 Å². The Morgan fingerprint density at radius 2 is 1.67 bits per heavy atom. The third-order valence-electron chi connectivity index (χ3n) is 3.98. The molecule has 126 valence electrons. The average Bonchev–Trinajstić information content (AvgIpc) is 2.57. The molecule has 0 aliphatic rings. The Bertz CT molecular complexity index is 710. The first-order valence-electron chi connectivity index (χ1n) is 7.75. The fraction of sp³-hybridized carbons (Fsp3) is 0.263. The zero-order valence-corrected chi connectivity index (χ0v) is 13.7. The van der Waals surface area contributed by atoms with Gasteiger partial charge in [-0.3, -0.25) is 4.79 Å². The van der Waals surface area contributed by atoms with Crippen molar-refractivity contribution in [2.45, 2.75) is 25.8 Å². The van der Waals surface area contributed by atoms with Crippen LogP contribution in [0.2, 0.25) is 0 Å². The number of carbonyl (C=O) groups excluding carboxylic acids is 1. The molecule has 2 aromatic carbocycles. The molecule has 1 amide bonds. The average molecular weight is 329 g/mol. The van der Waals surface area contributed by atoms with E-state index in [1.165, 1.54) is 24.3 Å². The molecule has 0 aliphatic carbocycles. The molecule has 0 bridgehead atoms. The van der Waals surface area contributed by atoms with Crippen LogP contribution in [0, 0.1) is 5.82 Å². The van der Waals surface area contributed by atoms with Crippen molar-refractivity contribution >= 4 is 11.9 Å². The number of carboxylic acid groups (broad SMARTS) is 1. The van der Waals surface area contributed by atoms with Crippen LogP contribution in [0.4, 0.5) is 4.39 Å². The minimum Gasteiger partial charge on any atom is -0.478 e. The molecule has 0 heterocycles. The summed E-state index contributed by atoms with van der Waals surface area (Å²) in [7, 11) is 1.71. The molecule has 5 heteroatoms. The molecular weight excluding hydrogens is 309 g/mol. The van der Waals surface area contributed by atoms with Gasteiger partial charge in [-0.15, -0.1) is 0 Å². The largest absolute Gasteiger partial charge is 0.478 e. The summed E-state index contributed by atoms with van der Waals surface area (Å²) < 4.78 is 13.1. The molecule has 1 atom stereocenters. The molecule has 4 nitrogen and oxygen atoms in total. The van der Waals surface area contributed by atoms with Crippen molar-refractivity contribution in [2.75, 3.05) is 7.05 Å². The molecule has 0 aromatic heterocycles. The fourth-order valence-corrected chi connectivity index (χ4v) is 2.62. The summed E-state index contributed by atoms with van der Waals surface area (Å²) >= 11 is 0. The highest BCUT2D eigenvalue weighted by molar-refractivity contribution is 5.87. The Morgan fingerprint density at radius 3 is 2.17 bits per heavy atom. The molecule has 0 radical (unpaired) electrons. The van der Waals surface area contributed by atoms with Crippen LogP contribution in [0.15, 0.2) is 48.5 Å². The normalized spacial score (nSPS) is 11.8. The van der Waals surface area contributed by atoms with E-state index < -0.39 is 5.97 Å². The van der Waals surface area contributed by atoms with E-state index in [1.54, 1.807) is 36.2 Å². The van der Waals surface area contributed by atoms with Gasteiger partial charge in [0.1, 0.15) is 5.82 Å². The lowest BCUT2D eigenvalue weighted by Crippen LogP contribution is -2.31. The monoisotopic (exact) mass is 329 g/mol. The summed E-state index contributed by atoms with van der Waals surface area (Å²) in [4.78, 5) is 25.1. The highest BCUT2D eigenvalue weighted by Crippen LogP contribution is 2.23. The molecule has 24 heavy (non-hydrogen) atoms. The van der Waals surface area contributed by atoms with Gasteiger partial charge in [-0.25, -0.2) is 9.18 Å². The molecular formula is C19H20FNO3. The van der Waals surface area contributed by atoms with Crippen molar-refractivity contribution in [2.24, 2.45) is 0 Å². The number of carboxylic acids is 1. The van der Waals surface area contributed by atoms with Gasteiger partial charge in [0, 0.05) is 13.6 Å². The first kappa shape index (κ1) is 17.7. The quantitative estimate of drug-likeness (QED) is 0.879. The minimum atomic E-state index is -0.978. The number of benzene rings is 2. The van der Waals surface area contributed by atoms with E-state index in [0.29, 0.717) is 13.0 Å². The van der Waals surface area contributed by atoms with E-state index >= 15 is 0 Å². The van der Waals surface area contributed by atoms with Crippen LogP contribution >= 0.6 is 0 Å². The number of hydrogen-bond donors (Lipinski definition) is 1. The van der Waals surface area contributed by atoms with Crippen molar-refractivity contribution < 1.29 is 19.1 Å². The van der Waals surface area contributed by atoms with E-state index in [0.717, 1.165) is 11.1 Å². The molecule has 1 N–H and O–H groups in total. The maximum Gasteiger partial charge on any atom is 0.335 e. The standard InChI is InChI=1S/C19H20FNO3/c1-3-17(14-8-10-16(20)11-9-14)18(22)21(2)12-13-4-6-15(7-5-13)19(23)24/h4-11,17H,3,12H2,1-2H3,(H,23,24). The van der Waals surface area contributed by atoms with E-state index in [-0.39, 0.29) is 23.2 Å². The topological polar surface area (TPSA) is 57.6 Å². The molecule has 2 aromatic rings. The van der Waals surface area contributed by atoms with Gasteiger partial charge < -0.3 is 10.0 Å². The van der Waals surface area contributed by atoms with Crippen LogP contribution in [0.25, 0.3) is 0 Å². The zero-order valence-electron chi connectivity index (χ0n) is 13.7. The van der Waals surface area contributed by atoms with Crippen LogP contribution in [0.1, 0.15) is 40.7 Å². The summed E-state index contributed by atoms with van der Waals surface area (Å²) in [5.74, 6) is -1.68. The van der Waals surface area contributed by atoms with E-state index in [4.69, 9.17) is 5.11 Å². The van der Waals surface area contributed by atoms with E-state index in [2.05, 4.69) is 0 Å². The Hall–Kier alpha value is -2.69. The van der Waals surface area contributed by atoms with E-state index in [1.807, 2.05) is 6.92 Å². The number of amides is 1. The SMILES string of the molecule is CCC(C(=O)N(C)Cc1ccc(C(=O)O)cc1)c1ccc(F)cc1. The highest BCUT2D eigenvalue weighted by Gasteiger charge is 2.22. The second kappa shape index (κ2) is 7.73. The molecule has 0 spiro atoms.